The molecule has 2 atom stereocenters. The summed E-state index contributed by atoms with van der Waals surface area (Å²) in [5, 5.41) is 6.96. The molecule has 0 aromatic heterocycles. The molecule has 1 fully saturated rings. The van der Waals surface area contributed by atoms with Crippen molar-refractivity contribution in [1.82, 2.24) is 15.4 Å². The maximum absolute atomic E-state index is 11.7. The minimum Gasteiger partial charge on any atom is -0.319 e. The van der Waals surface area contributed by atoms with Crippen LogP contribution in [-0.2, 0) is 4.79 Å². The number of hydrogen-bond acceptors (Lipinski definition) is 4. The van der Waals surface area contributed by atoms with Crippen LogP contribution in [0.25, 0.3) is 0 Å². The summed E-state index contributed by atoms with van der Waals surface area (Å²) in [6, 6.07) is 0.317. The van der Waals surface area contributed by atoms with Crippen LogP contribution in [0.2, 0.25) is 0 Å². The van der Waals surface area contributed by atoms with Crippen LogP contribution in [0.4, 0.5) is 0 Å². The van der Waals surface area contributed by atoms with Crippen molar-refractivity contribution in [2.45, 2.75) is 39.3 Å². The highest BCUT2D eigenvalue weighted by Gasteiger charge is 2.30. The Morgan fingerprint density at radius 1 is 1.56 bits per heavy atom. The van der Waals surface area contributed by atoms with Gasteiger partial charge in [-0.3, -0.25) is 9.52 Å². The Bertz CT molecular complexity index is 318. The SMILES string of the molecule is CC(C)(C)C1C=C(NC(=O)C2CCN2)SN1. The zero-order valence-electron chi connectivity index (χ0n) is 9.96. The molecule has 2 heterocycles. The van der Waals surface area contributed by atoms with Gasteiger partial charge < -0.3 is 10.6 Å². The third-order valence-corrected chi connectivity index (χ3v) is 3.76. The molecule has 1 amide bonds. The average molecular weight is 241 g/mol. The zero-order chi connectivity index (χ0) is 11.8. The molecule has 0 aromatic carbocycles. The maximum atomic E-state index is 11.7. The van der Waals surface area contributed by atoms with Crippen LogP contribution >= 0.6 is 11.9 Å². The minimum atomic E-state index is 0.00943. The molecule has 2 unspecified atom stereocenters. The number of rotatable bonds is 2. The van der Waals surface area contributed by atoms with Crippen LogP contribution in [0.15, 0.2) is 11.1 Å². The molecule has 0 aliphatic carbocycles. The van der Waals surface area contributed by atoms with Crippen molar-refractivity contribution < 1.29 is 4.79 Å². The minimum absolute atomic E-state index is 0.00943. The van der Waals surface area contributed by atoms with E-state index < -0.39 is 0 Å². The lowest BCUT2D eigenvalue weighted by Crippen LogP contribution is -2.52. The summed E-state index contributed by atoms with van der Waals surface area (Å²) in [5.41, 5.74) is 0.175. The lowest BCUT2D eigenvalue weighted by Gasteiger charge is -2.26. The molecule has 16 heavy (non-hydrogen) atoms. The summed E-state index contributed by atoms with van der Waals surface area (Å²) in [7, 11) is 0. The monoisotopic (exact) mass is 241 g/mol. The molecule has 90 valence electrons. The Kier molecular flexibility index (Phi) is 3.28. The smallest absolute Gasteiger partial charge is 0.241 e. The Labute approximate surface area is 101 Å². The van der Waals surface area contributed by atoms with E-state index in [1.165, 1.54) is 11.9 Å². The highest BCUT2D eigenvalue weighted by atomic mass is 32.2. The molecule has 2 aliphatic rings. The number of amides is 1. The highest BCUT2D eigenvalue weighted by Crippen LogP contribution is 2.30. The van der Waals surface area contributed by atoms with Gasteiger partial charge in [0, 0.05) is 6.04 Å². The van der Waals surface area contributed by atoms with Crippen molar-refractivity contribution in [2.24, 2.45) is 5.41 Å². The van der Waals surface area contributed by atoms with E-state index in [0.717, 1.165) is 18.0 Å². The van der Waals surface area contributed by atoms with Gasteiger partial charge in [0.2, 0.25) is 5.91 Å². The van der Waals surface area contributed by atoms with Gasteiger partial charge in [-0.05, 0) is 36.4 Å². The fourth-order valence-corrected chi connectivity index (χ4v) is 2.59. The first-order chi connectivity index (χ1) is 7.47. The second-order valence-corrected chi connectivity index (χ2v) is 6.26. The predicted molar refractivity (Wildman–Crippen MR) is 66.6 cm³/mol. The van der Waals surface area contributed by atoms with E-state index in [-0.39, 0.29) is 17.4 Å². The van der Waals surface area contributed by atoms with Gasteiger partial charge in [-0.1, -0.05) is 20.8 Å². The quantitative estimate of drug-likeness (QED) is 0.631. The van der Waals surface area contributed by atoms with Crippen molar-refractivity contribution in [1.29, 1.82) is 0 Å². The van der Waals surface area contributed by atoms with E-state index in [9.17, 15) is 4.79 Å². The van der Waals surface area contributed by atoms with Gasteiger partial charge in [0.1, 0.15) is 0 Å². The van der Waals surface area contributed by atoms with Crippen LogP contribution in [-0.4, -0.2) is 24.5 Å². The van der Waals surface area contributed by atoms with Gasteiger partial charge in [-0.25, -0.2) is 0 Å². The van der Waals surface area contributed by atoms with E-state index >= 15 is 0 Å². The standard InChI is InChI=1S/C11H19N3OS/c1-11(2,3)8-6-9(16-14-8)13-10(15)7-4-5-12-7/h6-8,12,14H,4-5H2,1-3H3,(H,13,15). The fraction of sp³-hybridized carbons (Fsp3) is 0.727. The van der Waals surface area contributed by atoms with Crippen molar-refractivity contribution in [2.75, 3.05) is 6.54 Å². The number of carbonyl (C=O) groups excluding carboxylic acids is 1. The molecule has 4 nitrogen and oxygen atoms in total. The van der Waals surface area contributed by atoms with Gasteiger partial charge in [-0.2, -0.15) is 0 Å². The Morgan fingerprint density at radius 3 is 2.69 bits per heavy atom. The van der Waals surface area contributed by atoms with Crippen molar-refractivity contribution in [3.8, 4) is 0 Å². The van der Waals surface area contributed by atoms with E-state index in [1.54, 1.807) is 0 Å². The molecule has 0 bridgehead atoms. The van der Waals surface area contributed by atoms with E-state index in [1.807, 2.05) is 0 Å². The fourth-order valence-electron chi connectivity index (χ4n) is 1.56. The summed E-state index contributed by atoms with van der Waals surface area (Å²) in [6.45, 7) is 7.49. The summed E-state index contributed by atoms with van der Waals surface area (Å²) < 4.78 is 3.32. The van der Waals surface area contributed by atoms with Gasteiger partial charge in [-0.15, -0.1) is 0 Å². The van der Waals surface area contributed by atoms with E-state index in [0.29, 0.717) is 6.04 Å². The van der Waals surface area contributed by atoms with Crippen molar-refractivity contribution in [3.63, 3.8) is 0 Å². The first-order valence-electron chi connectivity index (χ1n) is 5.65. The molecule has 2 rings (SSSR count). The van der Waals surface area contributed by atoms with Gasteiger partial charge in [0.15, 0.2) is 0 Å². The normalized spacial score (nSPS) is 29.6. The second-order valence-electron chi connectivity index (χ2n) is 5.38. The second kappa shape index (κ2) is 4.39. The maximum Gasteiger partial charge on any atom is 0.241 e. The Hall–Kier alpha value is -0.520. The topological polar surface area (TPSA) is 53.2 Å². The third kappa shape index (κ3) is 2.59. The molecule has 0 saturated carbocycles. The number of carbonyl (C=O) groups is 1. The molecular formula is C11H19N3OS. The van der Waals surface area contributed by atoms with Crippen LogP contribution in [0, 0.1) is 5.41 Å². The summed E-state index contributed by atoms with van der Waals surface area (Å²) >= 11 is 1.51. The highest BCUT2D eigenvalue weighted by molar-refractivity contribution is 8.01. The molecule has 2 aliphatic heterocycles. The van der Waals surface area contributed by atoms with Crippen LogP contribution < -0.4 is 15.4 Å². The van der Waals surface area contributed by atoms with Crippen LogP contribution in [0.1, 0.15) is 27.2 Å². The van der Waals surface area contributed by atoms with Crippen molar-refractivity contribution >= 4 is 17.9 Å². The van der Waals surface area contributed by atoms with E-state index in [4.69, 9.17) is 0 Å². The molecular weight excluding hydrogens is 222 g/mol. The molecule has 3 N–H and O–H groups in total. The molecule has 5 heteroatoms. The van der Waals surface area contributed by atoms with Crippen molar-refractivity contribution in [3.05, 3.63) is 11.1 Å². The molecule has 1 saturated heterocycles. The third-order valence-electron chi connectivity index (χ3n) is 2.93. The molecule has 0 aromatic rings. The van der Waals surface area contributed by atoms with Gasteiger partial charge in [0.05, 0.1) is 11.1 Å². The van der Waals surface area contributed by atoms with Crippen LogP contribution in [0.3, 0.4) is 0 Å². The Balaban J connectivity index is 1.89. The molecule has 0 spiro atoms. The first-order valence-corrected chi connectivity index (χ1v) is 6.47. The van der Waals surface area contributed by atoms with E-state index in [2.05, 4.69) is 42.2 Å². The lowest BCUT2D eigenvalue weighted by atomic mass is 9.87. The van der Waals surface area contributed by atoms with Gasteiger partial charge in [0.25, 0.3) is 0 Å². The summed E-state index contributed by atoms with van der Waals surface area (Å²) in [6.07, 6.45) is 3.04. The predicted octanol–water partition coefficient (Wildman–Crippen LogP) is 0.972. The number of nitrogens with one attached hydrogen (secondary N) is 3. The summed E-state index contributed by atoms with van der Waals surface area (Å²) in [5.74, 6) is 0.0846. The largest absolute Gasteiger partial charge is 0.319 e. The van der Waals surface area contributed by atoms with Crippen LogP contribution in [0.5, 0.6) is 0 Å². The number of hydrogen-bond donors (Lipinski definition) is 3. The summed E-state index contributed by atoms with van der Waals surface area (Å²) in [4.78, 5) is 11.7. The zero-order valence-corrected chi connectivity index (χ0v) is 10.8. The first kappa shape index (κ1) is 12.0. The Morgan fingerprint density at radius 2 is 2.25 bits per heavy atom. The molecule has 0 radical (unpaired) electrons. The van der Waals surface area contributed by atoms with Gasteiger partial charge >= 0.3 is 0 Å². The average Bonchev–Trinajstić information content (AvgIpc) is 2.47. The lowest BCUT2D eigenvalue weighted by molar-refractivity contribution is -0.123.